The van der Waals surface area contributed by atoms with Crippen LogP contribution in [0, 0.1) is 13.8 Å². The number of aryl methyl sites for hydroxylation is 4. The molecule has 0 radical (unpaired) electrons. The number of hydrogen-bond donors (Lipinski definition) is 0. The van der Waals surface area contributed by atoms with Gasteiger partial charge in [-0.05, 0) is 39.2 Å². The molecule has 1 atom stereocenters. The molecule has 0 aromatic carbocycles. The van der Waals surface area contributed by atoms with Gasteiger partial charge in [-0.2, -0.15) is 5.10 Å². The fourth-order valence-electron chi connectivity index (χ4n) is 3.10. The van der Waals surface area contributed by atoms with Gasteiger partial charge in [0.1, 0.15) is 5.69 Å². The molecular weight excluding hydrogens is 308 g/mol. The first-order valence-corrected chi connectivity index (χ1v) is 9.07. The Labute approximate surface area is 141 Å². The molecule has 3 heterocycles. The molecule has 2 aromatic rings. The second kappa shape index (κ2) is 6.43. The van der Waals surface area contributed by atoms with E-state index in [4.69, 9.17) is 4.98 Å². The lowest BCUT2D eigenvalue weighted by Gasteiger charge is -2.31. The molecule has 0 bridgehead atoms. The van der Waals surface area contributed by atoms with Gasteiger partial charge in [-0.25, -0.2) is 4.98 Å². The zero-order chi connectivity index (χ0) is 16.6. The van der Waals surface area contributed by atoms with Gasteiger partial charge < -0.3 is 4.90 Å². The largest absolute Gasteiger partial charge is 0.337 e. The first kappa shape index (κ1) is 16.2. The number of likely N-dealkylation sites (tertiary alicyclic amines) is 1. The van der Waals surface area contributed by atoms with Crippen LogP contribution in [0.2, 0.25) is 0 Å². The average molecular weight is 332 g/mol. The Morgan fingerprint density at radius 1 is 1.43 bits per heavy atom. The van der Waals surface area contributed by atoms with Crippen molar-refractivity contribution in [2.45, 2.75) is 46.0 Å². The molecule has 0 spiro atoms. The van der Waals surface area contributed by atoms with E-state index >= 15 is 0 Å². The maximum Gasteiger partial charge on any atom is 0.272 e. The van der Waals surface area contributed by atoms with E-state index in [2.05, 4.69) is 25.9 Å². The summed E-state index contributed by atoms with van der Waals surface area (Å²) >= 11 is 1.77. The van der Waals surface area contributed by atoms with Gasteiger partial charge >= 0.3 is 0 Å². The predicted octanol–water partition coefficient (Wildman–Crippen LogP) is 3.08. The highest BCUT2D eigenvalue weighted by atomic mass is 32.1. The summed E-state index contributed by atoms with van der Waals surface area (Å²) in [6.07, 6.45) is 3.00. The van der Waals surface area contributed by atoms with Crippen molar-refractivity contribution in [1.82, 2.24) is 19.7 Å². The van der Waals surface area contributed by atoms with Crippen molar-refractivity contribution >= 4 is 17.2 Å². The molecule has 1 aliphatic heterocycles. The number of nitrogens with zero attached hydrogens (tertiary/aromatic N) is 4. The van der Waals surface area contributed by atoms with Gasteiger partial charge in [0.2, 0.25) is 0 Å². The molecule has 5 nitrogen and oxygen atoms in total. The number of thiazole rings is 1. The van der Waals surface area contributed by atoms with Crippen LogP contribution in [0.25, 0.3) is 0 Å². The molecule has 124 valence electrons. The Bertz CT molecular complexity index is 699. The van der Waals surface area contributed by atoms with E-state index in [1.54, 1.807) is 16.0 Å². The van der Waals surface area contributed by atoms with Gasteiger partial charge in [0.25, 0.3) is 5.91 Å². The van der Waals surface area contributed by atoms with Crippen LogP contribution >= 0.6 is 11.3 Å². The number of aromatic nitrogens is 3. The van der Waals surface area contributed by atoms with Gasteiger partial charge in [-0.15, -0.1) is 11.3 Å². The van der Waals surface area contributed by atoms with Gasteiger partial charge in [0.15, 0.2) is 0 Å². The van der Waals surface area contributed by atoms with Crippen LogP contribution in [-0.2, 0) is 13.5 Å². The van der Waals surface area contributed by atoms with E-state index in [1.165, 1.54) is 9.88 Å². The molecule has 1 saturated heterocycles. The minimum atomic E-state index is 0.0920. The summed E-state index contributed by atoms with van der Waals surface area (Å²) in [5, 5.41) is 5.57. The van der Waals surface area contributed by atoms with Crippen LogP contribution in [-0.4, -0.2) is 38.7 Å². The fourth-order valence-corrected chi connectivity index (χ4v) is 4.15. The van der Waals surface area contributed by atoms with Crippen LogP contribution in [0.15, 0.2) is 6.07 Å². The van der Waals surface area contributed by atoms with Crippen molar-refractivity contribution in [1.29, 1.82) is 0 Å². The Morgan fingerprint density at radius 2 is 2.22 bits per heavy atom. The van der Waals surface area contributed by atoms with Crippen LogP contribution in [0.5, 0.6) is 0 Å². The minimum absolute atomic E-state index is 0.0920. The molecule has 6 heteroatoms. The fraction of sp³-hybridized carbons (Fsp3) is 0.588. The third kappa shape index (κ3) is 3.17. The van der Waals surface area contributed by atoms with Crippen LogP contribution in [0.3, 0.4) is 0 Å². The Balaban J connectivity index is 1.77. The quantitative estimate of drug-likeness (QED) is 0.868. The van der Waals surface area contributed by atoms with Crippen molar-refractivity contribution < 1.29 is 4.79 Å². The molecular formula is C17H24N4OS. The molecule has 2 aromatic heterocycles. The van der Waals surface area contributed by atoms with Crippen molar-refractivity contribution in [2.24, 2.45) is 7.05 Å². The van der Waals surface area contributed by atoms with E-state index < -0.39 is 0 Å². The Kier molecular flexibility index (Phi) is 4.53. The lowest BCUT2D eigenvalue weighted by Crippen LogP contribution is -2.39. The monoisotopic (exact) mass is 332 g/mol. The van der Waals surface area contributed by atoms with E-state index in [0.717, 1.165) is 43.7 Å². The zero-order valence-corrected chi connectivity index (χ0v) is 15.1. The number of amides is 1. The first-order chi connectivity index (χ1) is 11.0. The number of carbonyl (C=O) groups is 1. The SMILES string of the molecule is CCc1cc(C(=O)N2CCCC(c3nc(C)c(C)s3)C2)n(C)n1. The molecule has 0 aliphatic carbocycles. The van der Waals surface area contributed by atoms with Crippen LogP contribution < -0.4 is 0 Å². The summed E-state index contributed by atoms with van der Waals surface area (Å²) in [4.78, 5) is 20.8. The molecule has 0 N–H and O–H groups in total. The Morgan fingerprint density at radius 3 is 2.83 bits per heavy atom. The van der Waals surface area contributed by atoms with Gasteiger partial charge in [0.05, 0.1) is 16.4 Å². The normalized spacial score (nSPS) is 18.4. The second-order valence-corrected chi connectivity index (χ2v) is 7.52. The molecule has 1 aliphatic rings. The summed E-state index contributed by atoms with van der Waals surface area (Å²) in [5.74, 6) is 0.457. The van der Waals surface area contributed by atoms with Crippen LogP contribution in [0.4, 0.5) is 0 Å². The molecule has 23 heavy (non-hydrogen) atoms. The van der Waals surface area contributed by atoms with E-state index in [-0.39, 0.29) is 5.91 Å². The van der Waals surface area contributed by atoms with Crippen molar-refractivity contribution in [2.75, 3.05) is 13.1 Å². The van der Waals surface area contributed by atoms with Crippen molar-refractivity contribution in [3.8, 4) is 0 Å². The van der Waals surface area contributed by atoms with Gasteiger partial charge in [-0.1, -0.05) is 6.92 Å². The molecule has 1 unspecified atom stereocenters. The lowest BCUT2D eigenvalue weighted by molar-refractivity contribution is 0.0696. The number of hydrogen-bond acceptors (Lipinski definition) is 4. The van der Waals surface area contributed by atoms with E-state index in [1.807, 2.05) is 18.0 Å². The van der Waals surface area contributed by atoms with Crippen molar-refractivity contribution in [3.05, 3.63) is 33.0 Å². The highest BCUT2D eigenvalue weighted by Crippen LogP contribution is 2.31. The van der Waals surface area contributed by atoms with E-state index in [0.29, 0.717) is 11.6 Å². The molecule has 0 saturated carbocycles. The maximum atomic E-state index is 12.8. The number of carbonyl (C=O) groups excluding carboxylic acids is 1. The number of piperidine rings is 1. The second-order valence-electron chi connectivity index (χ2n) is 6.28. The predicted molar refractivity (Wildman–Crippen MR) is 92.1 cm³/mol. The number of rotatable bonds is 3. The Hall–Kier alpha value is -1.69. The summed E-state index contributed by atoms with van der Waals surface area (Å²) in [6.45, 7) is 7.82. The maximum absolute atomic E-state index is 12.8. The third-order valence-electron chi connectivity index (χ3n) is 4.61. The summed E-state index contributed by atoms with van der Waals surface area (Å²) in [7, 11) is 1.85. The van der Waals surface area contributed by atoms with Crippen LogP contribution in [0.1, 0.15) is 57.4 Å². The molecule has 1 fully saturated rings. The highest BCUT2D eigenvalue weighted by Gasteiger charge is 2.29. The lowest BCUT2D eigenvalue weighted by atomic mass is 9.98. The van der Waals surface area contributed by atoms with Crippen molar-refractivity contribution in [3.63, 3.8) is 0 Å². The molecule has 3 rings (SSSR count). The summed E-state index contributed by atoms with van der Waals surface area (Å²) in [6, 6.07) is 1.92. The highest BCUT2D eigenvalue weighted by molar-refractivity contribution is 7.11. The smallest absolute Gasteiger partial charge is 0.272 e. The summed E-state index contributed by atoms with van der Waals surface area (Å²) in [5.41, 5.74) is 2.78. The van der Waals surface area contributed by atoms with E-state index in [9.17, 15) is 4.79 Å². The first-order valence-electron chi connectivity index (χ1n) is 8.25. The third-order valence-corrected chi connectivity index (χ3v) is 5.85. The average Bonchev–Trinajstić information content (AvgIpc) is 3.09. The zero-order valence-electron chi connectivity index (χ0n) is 14.3. The molecule has 1 amide bonds. The summed E-state index contributed by atoms with van der Waals surface area (Å²) < 4.78 is 1.71. The topological polar surface area (TPSA) is 51.0 Å². The minimum Gasteiger partial charge on any atom is -0.337 e. The van der Waals surface area contributed by atoms with Gasteiger partial charge in [-0.3, -0.25) is 9.48 Å². The van der Waals surface area contributed by atoms with Gasteiger partial charge in [0, 0.05) is 30.9 Å². The standard InChI is InChI=1S/C17H24N4OS/c1-5-14-9-15(20(4)19-14)17(22)21-8-6-7-13(10-21)16-18-11(2)12(3)23-16/h9,13H,5-8,10H2,1-4H3.